The Bertz CT molecular complexity index is 1140. The van der Waals surface area contributed by atoms with E-state index in [1.807, 2.05) is 64.0 Å². The van der Waals surface area contributed by atoms with E-state index in [1.54, 1.807) is 18.2 Å². The topological polar surface area (TPSA) is 79.3 Å². The molecule has 0 saturated carbocycles. The number of benzene rings is 2. The van der Waals surface area contributed by atoms with Crippen molar-refractivity contribution in [3.8, 4) is 11.5 Å². The summed E-state index contributed by atoms with van der Waals surface area (Å²) in [7, 11) is 3.82. The molecule has 7 nitrogen and oxygen atoms in total. The van der Waals surface area contributed by atoms with Crippen LogP contribution in [0, 0.1) is 12.8 Å². The third kappa shape index (κ3) is 6.26. The minimum Gasteiger partial charge on any atom is -0.507 e. The average molecular weight is 495 g/mol. The number of hydrogen-bond acceptors (Lipinski definition) is 6. The highest BCUT2D eigenvalue weighted by Gasteiger charge is 2.46. The number of aliphatic hydroxyl groups excluding tert-OH is 1. The molecule has 1 aliphatic heterocycles. The van der Waals surface area contributed by atoms with E-state index in [0.717, 1.165) is 11.3 Å². The van der Waals surface area contributed by atoms with Gasteiger partial charge in [-0.3, -0.25) is 9.59 Å². The number of carbonyl (C=O) groups excluding carboxylic acids is 2. The summed E-state index contributed by atoms with van der Waals surface area (Å²) < 4.78 is 11.7. The van der Waals surface area contributed by atoms with E-state index in [9.17, 15) is 14.7 Å². The summed E-state index contributed by atoms with van der Waals surface area (Å²) in [6, 6.07) is 11.9. The van der Waals surface area contributed by atoms with Crippen LogP contribution >= 0.6 is 0 Å². The normalized spacial score (nSPS) is 17.5. The van der Waals surface area contributed by atoms with Crippen LogP contribution in [-0.4, -0.2) is 66.5 Å². The van der Waals surface area contributed by atoms with E-state index in [-0.39, 0.29) is 17.4 Å². The molecule has 36 heavy (non-hydrogen) atoms. The number of carbonyl (C=O) groups is 2. The second-order valence-corrected chi connectivity index (χ2v) is 10.2. The van der Waals surface area contributed by atoms with E-state index in [2.05, 4.69) is 13.8 Å². The zero-order valence-electron chi connectivity index (χ0n) is 22.4. The summed E-state index contributed by atoms with van der Waals surface area (Å²) in [6.45, 7) is 11.4. The molecule has 0 radical (unpaired) electrons. The van der Waals surface area contributed by atoms with Gasteiger partial charge in [0.2, 0.25) is 0 Å². The van der Waals surface area contributed by atoms with E-state index >= 15 is 0 Å². The van der Waals surface area contributed by atoms with Crippen molar-refractivity contribution in [2.75, 3.05) is 33.8 Å². The maximum atomic E-state index is 13.3. The highest BCUT2D eigenvalue weighted by Crippen LogP contribution is 2.40. The standard InChI is InChI=1S/C29H38N2O5/c1-18(2)17-35-24-12-11-22(15-20(24)5)27(32)25-26(21-9-8-10-23(16-21)36-19(3)4)31(14-13-30(6)7)29(34)28(25)33/h8-12,15-16,18-19,26,32H,13-14,17H2,1-7H3/b27-25+. The molecular formula is C29H38N2O5. The van der Waals surface area contributed by atoms with Gasteiger partial charge < -0.3 is 24.4 Å². The highest BCUT2D eigenvalue weighted by atomic mass is 16.5. The Morgan fingerprint density at radius 2 is 1.81 bits per heavy atom. The summed E-state index contributed by atoms with van der Waals surface area (Å²) in [5.41, 5.74) is 2.09. The molecule has 1 saturated heterocycles. The van der Waals surface area contributed by atoms with Gasteiger partial charge in [-0.25, -0.2) is 0 Å². The predicted molar refractivity (Wildman–Crippen MR) is 141 cm³/mol. The maximum Gasteiger partial charge on any atom is 0.295 e. The predicted octanol–water partition coefficient (Wildman–Crippen LogP) is 4.80. The fraction of sp³-hybridized carbons (Fsp3) is 0.448. The van der Waals surface area contributed by atoms with Gasteiger partial charge in [0.15, 0.2) is 0 Å². The minimum atomic E-state index is -0.724. The Balaban J connectivity index is 2.09. The molecule has 0 spiro atoms. The van der Waals surface area contributed by atoms with E-state index in [4.69, 9.17) is 9.47 Å². The lowest BCUT2D eigenvalue weighted by molar-refractivity contribution is -0.140. The number of nitrogens with zero attached hydrogens (tertiary/aromatic N) is 2. The van der Waals surface area contributed by atoms with Gasteiger partial charge in [-0.1, -0.05) is 26.0 Å². The Kier molecular flexibility index (Phi) is 8.79. The van der Waals surface area contributed by atoms with Gasteiger partial charge in [-0.05, 0) is 82.2 Å². The number of aliphatic hydroxyl groups is 1. The molecule has 1 amide bonds. The number of rotatable bonds is 10. The minimum absolute atomic E-state index is 0.0280. The fourth-order valence-electron chi connectivity index (χ4n) is 4.17. The van der Waals surface area contributed by atoms with Gasteiger partial charge in [0.1, 0.15) is 17.3 Å². The van der Waals surface area contributed by atoms with Gasteiger partial charge in [-0.2, -0.15) is 0 Å². The molecule has 1 heterocycles. The number of likely N-dealkylation sites (N-methyl/N-ethyl adjacent to an activating group) is 1. The highest BCUT2D eigenvalue weighted by molar-refractivity contribution is 6.46. The Hall–Kier alpha value is -3.32. The molecule has 1 aliphatic rings. The lowest BCUT2D eigenvalue weighted by atomic mass is 9.94. The van der Waals surface area contributed by atoms with Crippen LogP contribution < -0.4 is 9.47 Å². The fourth-order valence-corrected chi connectivity index (χ4v) is 4.17. The third-order valence-electron chi connectivity index (χ3n) is 5.89. The van der Waals surface area contributed by atoms with Crippen molar-refractivity contribution in [3.05, 3.63) is 64.7 Å². The first kappa shape index (κ1) is 27.3. The molecule has 1 N–H and O–H groups in total. The van der Waals surface area contributed by atoms with Crippen LogP contribution in [0.5, 0.6) is 11.5 Å². The summed E-state index contributed by atoms with van der Waals surface area (Å²) in [4.78, 5) is 29.9. The summed E-state index contributed by atoms with van der Waals surface area (Å²) in [5.74, 6) is 0.242. The van der Waals surface area contributed by atoms with Gasteiger partial charge in [0.05, 0.1) is 24.3 Å². The molecule has 0 bridgehead atoms. The monoisotopic (exact) mass is 494 g/mol. The van der Waals surface area contributed by atoms with E-state index < -0.39 is 17.7 Å². The maximum absolute atomic E-state index is 13.3. The largest absolute Gasteiger partial charge is 0.507 e. The Morgan fingerprint density at radius 3 is 2.42 bits per heavy atom. The number of ketones is 1. The zero-order chi connectivity index (χ0) is 26.6. The number of amides is 1. The second kappa shape index (κ2) is 11.6. The molecule has 1 unspecified atom stereocenters. The van der Waals surface area contributed by atoms with E-state index in [1.165, 1.54) is 4.90 Å². The quantitative estimate of drug-likeness (QED) is 0.290. The molecule has 2 aromatic rings. The molecular weight excluding hydrogens is 456 g/mol. The first-order valence-electron chi connectivity index (χ1n) is 12.4. The number of aryl methyl sites for hydroxylation is 1. The molecule has 1 fully saturated rings. The Labute approximate surface area is 214 Å². The van der Waals surface area contributed by atoms with Crippen LogP contribution in [0.15, 0.2) is 48.0 Å². The smallest absolute Gasteiger partial charge is 0.295 e. The number of likely N-dealkylation sites (tertiary alicyclic amines) is 1. The first-order chi connectivity index (χ1) is 17.0. The molecule has 1 atom stereocenters. The molecule has 194 valence electrons. The SMILES string of the molecule is Cc1cc(/C(O)=C2\C(=O)C(=O)N(CCN(C)C)C2c2cccc(OC(C)C)c2)ccc1OCC(C)C. The molecule has 3 rings (SSSR count). The van der Waals surface area contributed by atoms with Crippen molar-refractivity contribution in [2.45, 2.75) is 46.8 Å². The van der Waals surface area contributed by atoms with Crippen molar-refractivity contribution >= 4 is 17.4 Å². The van der Waals surface area contributed by atoms with Crippen molar-refractivity contribution in [1.82, 2.24) is 9.80 Å². The van der Waals surface area contributed by atoms with E-state index in [0.29, 0.717) is 42.5 Å². The second-order valence-electron chi connectivity index (χ2n) is 10.2. The lowest BCUT2D eigenvalue weighted by Gasteiger charge is -2.27. The summed E-state index contributed by atoms with van der Waals surface area (Å²) in [6.07, 6.45) is -0.0280. The van der Waals surface area contributed by atoms with Crippen LogP contribution in [0.1, 0.15) is 50.4 Å². The number of Topliss-reactive ketones (excluding diaryl/α,β-unsaturated/α-hetero) is 1. The van der Waals surface area contributed by atoms with Crippen LogP contribution in [0.2, 0.25) is 0 Å². The van der Waals surface area contributed by atoms with Gasteiger partial charge in [-0.15, -0.1) is 0 Å². The van der Waals surface area contributed by atoms with Crippen LogP contribution in [0.25, 0.3) is 5.76 Å². The lowest BCUT2D eigenvalue weighted by Crippen LogP contribution is -2.35. The molecule has 0 aromatic heterocycles. The Morgan fingerprint density at radius 1 is 1.08 bits per heavy atom. The van der Waals surface area contributed by atoms with Crippen LogP contribution in [0.3, 0.4) is 0 Å². The summed E-state index contributed by atoms with van der Waals surface area (Å²) in [5, 5.41) is 11.4. The number of ether oxygens (including phenoxy) is 2. The van der Waals surface area contributed by atoms with Crippen LogP contribution in [0.4, 0.5) is 0 Å². The summed E-state index contributed by atoms with van der Waals surface area (Å²) >= 11 is 0. The van der Waals surface area contributed by atoms with Gasteiger partial charge in [0.25, 0.3) is 11.7 Å². The van der Waals surface area contributed by atoms with Gasteiger partial charge in [0, 0.05) is 18.7 Å². The zero-order valence-corrected chi connectivity index (χ0v) is 22.4. The van der Waals surface area contributed by atoms with Crippen molar-refractivity contribution in [1.29, 1.82) is 0 Å². The average Bonchev–Trinajstić information content (AvgIpc) is 3.06. The van der Waals surface area contributed by atoms with Crippen molar-refractivity contribution < 1.29 is 24.2 Å². The van der Waals surface area contributed by atoms with Crippen molar-refractivity contribution in [3.63, 3.8) is 0 Å². The molecule has 7 heteroatoms. The van der Waals surface area contributed by atoms with Crippen molar-refractivity contribution in [2.24, 2.45) is 5.92 Å². The number of hydrogen-bond donors (Lipinski definition) is 1. The molecule has 2 aromatic carbocycles. The third-order valence-corrected chi connectivity index (χ3v) is 5.89. The van der Waals surface area contributed by atoms with Crippen LogP contribution in [-0.2, 0) is 9.59 Å². The molecule has 0 aliphatic carbocycles. The first-order valence-corrected chi connectivity index (χ1v) is 12.4. The van der Waals surface area contributed by atoms with Gasteiger partial charge >= 0.3 is 0 Å².